The van der Waals surface area contributed by atoms with Gasteiger partial charge in [-0.25, -0.2) is 0 Å². The molecule has 0 radical (unpaired) electrons. The predicted molar refractivity (Wildman–Crippen MR) is 57.0 cm³/mol. The zero-order chi connectivity index (χ0) is 10.9. The smallest absolute Gasteiger partial charge is 0.314 e. The number of hydrogen-bond acceptors (Lipinski definition) is 2. The van der Waals surface area contributed by atoms with Crippen molar-refractivity contribution in [2.24, 2.45) is 0 Å². The first-order valence-electron chi connectivity index (χ1n) is 4.99. The van der Waals surface area contributed by atoms with Gasteiger partial charge in [0.25, 0.3) is 0 Å². The molecule has 4 heteroatoms. The van der Waals surface area contributed by atoms with Crippen LogP contribution in [0.25, 0.3) is 0 Å². The number of carboxylic acid groups (broad SMARTS) is 1. The number of pyridine rings is 1. The second-order valence-corrected chi connectivity index (χ2v) is 4.42. The molecule has 0 saturated heterocycles. The van der Waals surface area contributed by atoms with Crippen LogP contribution in [0.3, 0.4) is 0 Å². The summed E-state index contributed by atoms with van der Waals surface area (Å²) in [5.74, 6) is -0.760. The van der Waals surface area contributed by atoms with Crippen LogP contribution in [0.5, 0.6) is 0 Å². The van der Waals surface area contributed by atoms with Crippen LogP contribution >= 0.6 is 11.6 Å². The standard InChI is InChI=1S/C11H12ClNO2/c12-9-5-8(6-13-7-9)11(10(14)15)3-1-2-4-11/h5-7H,1-4H2,(H,14,15). The van der Waals surface area contributed by atoms with E-state index in [2.05, 4.69) is 4.98 Å². The van der Waals surface area contributed by atoms with Gasteiger partial charge >= 0.3 is 5.97 Å². The monoisotopic (exact) mass is 225 g/mol. The van der Waals surface area contributed by atoms with Crippen LogP contribution in [0.15, 0.2) is 18.5 Å². The minimum atomic E-state index is -0.760. The molecule has 1 aliphatic rings. The molecule has 2 rings (SSSR count). The zero-order valence-corrected chi connectivity index (χ0v) is 9.00. The normalized spacial score (nSPS) is 19.0. The van der Waals surface area contributed by atoms with Crippen molar-refractivity contribution < 1.29 is 9.90 Å². The van der Waals surface area contributed by atoms with E-state index in [1.54, 1.807) is 12.3 Å². The molecule has 1 heterocycles. The minimum absolute atomic E-state index is 0.500. The number of rotatable bonds is 2. The van der Waals surface area contributed by atoms with Crippen LogP contribution < -0.4 is 0 Å². The maximum absolute atomic E-state index is 11.4. The summed E-state index contributed by atoms with van der Waals surface area (Å²) in [7, 11) is 0. The quantitative estimate of drug-likeness (QED) is 0.842. The largest absolute Gasteiger partial charge is 0.481 e. The summed E-state index contributed by atoms with van der Waals surface area (Å²) in [5.41, 5.74) is -0.0160. The number of carbonyl (C=O) groups is 1. The Morgan fingerprint density at radius 3 is 2.60 bits per heavy atom. The lowest BCUT2D eigenvalue weighted by Crippen LogP contribution is -2.32. The molecule has 0 bridgehead atoms. The summed E-state index contributed by atoms with van der Waals surface area (Å²) in [4.78, 5) is 15.3. The molecule has 1 N–H and O–H groups in total. The average Bonchev–Trinajstić information content (AvgIpc) is 2.67. The Hall–Kier alpha value is -1.09. The number of nitrogens with zero attached hydrogens (tertiary/aromatic N) is 1. The van der Waals surface area contributed by atoms with Crippen molar-refractivity contribution in [3.8, 4) is 0 Å². The van der Waals surface area contributed by atoms with Gasteiger partial charge in [0.15, 0.2) is 0 Å². The van der Waals surface area contributed by atoms with Gasteiger partial charge < -0.3 is 5.11 Å². The van der Waals surface area contributed by atoms with Crippen molar-refractivity contribution in [2.45, 2.75) is 31.1 Å². The molecule has 80 valence electrons. The highest BCUT2D eigenvalue weighted by Gasteiger charge is 2.43. The highest BCUT2D eigenvalue weighted by atomic mass is 35.5. The summed E-state index contributed by atoms with van der Waals surface area (Å²) < 4.78 is 0. The van der Waals surface area contributed by atoms with Gasteiger partial charge in [-0.1, -0.05) is 24.4 Å². The Morgan fingerprint density at radius 2 is 2.07 bits per heavy atom. The van der Waals surface area contributed by atoms with E-state index in [9.17, 15) is 9.90 Å². The minimum Gasteiger partial charge on any atom is -0.481 e. The molecule has 1 fully saturated rings. The molecular weight excluding hydrogens is 214 g/mol. The molecule has 3 nitrogen and oxygen atoms in total. The third-order valence-electron chi connectivity index (χ3n) is 3.12. The second kappa shape index (κ2) is 3.81. The second-order valence-electron chi connectivity index (χ2n) is 3.99. The van der Waals surface area contributed by atoms with E-state index >= 15 is 0 Å². The topological polar surface area (TPSA) is 50.2 Å². The zero-order valence-electron chi connectivity index (χ0n) is 8.24. The van der Waals surface area contributed by atoms with Gasteiger partial charge in [-0.15, -0.1) is 0 Å². The van der Waals surface area contributed by atoms with E-state index in [1.165, 1.54) is 6.20 Å². The molecule has 0 aromatic carbocycles. The molecule has 1 saturated carbocycles. The van der Waals surface area contributed by atoms with Gasteiger partial charge in [-0.3, -0.25) is 9.78 Å². The SMILES string of the molecule is O=C(O)C1(c2cncc(Cl)c2)CCCC1. The molecule has 0 atom stereocenters. The van der Waals surface area contributed by atoms with E-state index in [0.717, 1.165) is 18.4 Å². The first-order chi connectivity index (χ1) is 7.15. The lowest BCUT2D eigenvalue weighted by molar-refractivity contribution is -0.143. The fraction of sp³-hybridized carbons (Fsp3) is 0.455. The third-order valence-corrected chi connectivity index (χ3v) is 3.33. The fourth-order valence-corrected chi connectivity index (χ4v) is 2.45. The highest BCUT2D eigenvalue weighted by Crippen LogP contribution is 2.41. The molecule has 0 spiro atoms. The predicted octanol–water partition coefficient (Wildman–Crippen LogP) is 2.63. The van der Waals surface area contributed by atoms with Crippen LogP contribution in [-0.2, 0) is 10.2 Å². The Morgan fingerprint density at radius 1 is 1.40 bits per heavy atom. The molecular formula is C11H12ClNO2. The molecule has 1 aliphatic carbocycles. The lowest BCUT2D eigenvalue weighted by Gasteiger charge is -2.23. The Kier molecular flexibility index (Phi) is 2.65. The van der Waals surface area contributed by atoms with E-state index in [4.69, 9.17) is 11.6 Å². The summed E-state index contributed by atoms with van der Waals surface area (Å²) in [6.07, 6.45) is 6.42. The number of aliphatic carboxylic acids is 1. The van der Waals surface area contributed by atoms with Crippen molar-refractivity contribution in [1.82, 2.24) is 4.98 Å². The van der Waals surface area contributed by atoms with Crippen molar-refractivity contribution in [1.29, 1.82) is 0 Å². The van der Waals surface area contributed by atoms with Crippen LogP contribution in [0, 0.1) is 0 Å². The lowest BCUT2D eigenvalue weighted by atomic mass is 9.80. The van der Waals surface area contributed by atoms with Crippen LogP contribution in [0.1, 0.15) is 31.2 Å². The average molecular weight is 226 g/mol. The Balaban J connectivity index is 2.45. The molecule has 1 aromatic rings. The number of hydrogen-bond donors (Lipinski definition) is 1. The molecule has 15 heavy (non-hydrogen) atoms. The maximum atomic E-state index is 11.4. The molecule has 0 amide bonds. The van der Waals surface area contributed by atoms with Gasteiger partial charge in [0.2, 0.25) is 0 Å². The number of halogens is 1. The maximum Gasteiger partial charge on any atom is 0.314 e. The van der Waals surface area contributed by atoms with Gasteiger partial charge in [0.05, 0.1) is 10.4 Å². The van der Waals surface area contributed by atoms with E-state index < -0.39 is 11.4 Å². The van der Waals surface area contributed by atoms with Crippen molar-refractivity contribution >= 4 is 17.6 Å². The summed E-state index contributed by atoms with van der Waals surface area (Å²) in [6, 6.07) is 1.72. The van der Waals surface area contributed by atoms with Gasteiger partial charge in [0.1, 0.15) is 0 Å². The number of carboxylic acids is 1. The van der Waals surface area contributed by atoms with E-state index in [-0.39, 0.29) is 0 Å². The van der Waals surface area contributed by atoms with Gasteiger partial charge in [-0.05, 0) is 24.5 Å². The van der Waals surface area contributed by atoms with Crippen molar-refractivity contribution in [3.05, 3.63) is 29.0 Å². The van der Waals surface area contributed by atoms with Crippen LogP contribution in [0.4, 0.5) is 0 Å². The molecule has 1 aromatic heterocycles. The first-order valence-corrected chi connectivity index (χ1v) is 5.37. The fourth-order valence-electron chi connectivity index (χ4n) is 2.28. The summed E-state index contributed by atoms with van der Waals surface area (Å²) in [6.45, 7) is 0. The Labute approximate surface area is 93.1 Å². The van der Waals surface area contributed by atoms with Gasteiger partial charge in [0, 0.05) is 12.4 Å². The van der Waals surface area contributed by atoms with E-state index in [0.29, 0.717) is 17.9 Å². The van der Waals surface area contributed by atoms with Crippen LogP contribution in [0.2, 0.25) is 5.02 Å². The van der Waals surface area contributed by atoms with Crippen molar-refractivity contribution in [3.63, 3.8) is 0 Å². The summed E-state index contributed by atoms with van der Waals surface area (Å²) >= 11 is 5.83. The molecule has 0 aliphatic heterocycles. The van der Waals surface area contributed by atoms with Gasteiger partial charge in [-0.2, -0.15) is 0 Å². The third kappa shape index (κ3) is 1.72. The van der Waals surface area contributed by atoms with E-state index in [1.807, 2.05) is 0 Å². The highest BCUT2D eigenvalue weighted by molar-refractivity contribution is 6.30. The first kappa shape index (κ1) is 10.4. The van der Waals surface area contributed by atoms with Crippen LogP contribution in [-0.4, -0.2) is 16.1 Å². The summed E-state index contributed by atoms with van der Waals surface area (Å²) in [5, 5.41) is 9.84. The van der Waals surface area contributed by atoms with Crippen molar-refractivity contribution in [2.75, 3.05) is 0 Å². The molecule has 0 unspecified atom stereocenters. The Bertz CT molecular complexity index is 386. The number of aromatic nitrogens is 1.